The van der Waals surface area contributed by atoms with Crippen molar-refractivity contribution in [2.45, 2.75) is 20.3 Å². The molecule has 1 N–H and O–H groups in total. The number of pyridine rings is 1. The van der Waals surface area contributed by atoms with Gasteiger partial charge in [0.05, 0.1) is 6.61 Å². The Balaban J connectivity index is 2.33. The van der Waals surface area contributed by atoms with E-state index in [4.69, 9.17) is 4.74 Å². The van der Waals surface area contributed by atoms with Gasteiger partial charge in [0.25, 0.3) is 0 Å². The first kappa shape index (κ1) is 13.2. The minimum Gasteiger partial charge on any atom is -0.464 e. The van der Waals surface area contributed by atoms with Crippen LogP contribution in [0.3, 0.4) is 0 Å². The summed E-state index contributed by atoms with van der Waals surface area (Å²) >= 11 is 0. The number of nitrogens with zero attached hydrogens (tertiary/aromatic N) is 4. The van der Waals surface area contributed by atoms with Crippen LogP contribution in [0, 0.1) is 0 Å². The van der Waals surface area contributed by atoms with Crippen LogP contribution in [0.1, 0.15) is 20.3 Å². The fourth-order valence-electron chi connectivity index (χ4n) is 1.50. The topological polar surface area (TPSA) is 72.8 Å². The maximum Gasteiger partial charge on any atom is 0.321 e. The number of hydrogen-bond donors (Lipinski definition) is 1. The van der Waals surface area contributed by atoms with Gasteiger partial charge in [-0.1, -0.05) is 6.92 Å². The third-order valence-electron chi connectivity index (χ3n) is 2.36. The molecule has 0 spiro atoms. The van der Waals surface area contributed by atoms with E-state index in [9.17, 15) is 0 Å². The molecule has 0 saturated heterocycles. The van der Waals surface area contributed by atoms with Gasteiger partial charge in [-0.05, 0) is 25.5 Å². The number of rotatable bonds is 6. The maximum atomic E-state index is 5.37. The second-order valence-electron chi connectivity index (χ2n) is 3.86. The van der Waals surface area contributed by atoms with Gasteiger partial charge in [-0.25, -0.2) is 0 Å². The molecule has 0 aliphatic heterocycles. The standard InChI is InChI=1S/C13H17N5O/c1-3-7-15-12-16-11(10-5-8-14-9-6-10)17-13(18-12)19-4-2/h5-6,8-9H,3-4,7H2,1-2H3,(H,15,16,17,18). The minimum absolute atomic E-state index is 0.336. The summed E-state index contributed by atoms with van der Waals surface area (Å²) in [6.45, 7) is 5.31. The molecule has 0 bridgehead atoms. The van der Waals surface area contributed by atoms with Crippen molar-refractivity contribution in [1.29, 1.82) is 0 Å². The zero-order valence-corrected chi connectivity index (χ0v) is 11.1. The van der Waals surface area contributed by atoms with Crippen LogP contribution in [-0.2, 0) is 0 Å². The Bertz CT molecular complexity index is 518. The summed E-state index contributed by atoms with van der Waals surface area (Å²) < 4.78 is 5.37. The van der Waals surface area contributed by atoms with Crippen molar-refractivity contribution in [3.8, 4) is 17.4 Å². The predicted octanol–water partition coefficient (Wildman–Crippen LogP) is 2.15. The van der Waals surface area contributed by atoms with Crippen LogP contribution in [0.2, 0.25) is 0 Å². The second-order valence-corrected chi connectivity index (χ2v) is 3.86. The molecule has 0 atom stereocenters. The third-order valence-corrected chi connectivity index (χ3v) is 2.36. The normalized spacial score (nSPS) is 10.2. The first-order valence-electron chi connectivity index (χ1n) is 6.36. The molecule has 0 aromatic carbocycles. The Morgan fingerprint density at radius 2 is 1.89 bits per heavy atom. The molecule has 2 aromatic heterocycles. The van der Waals surface area contributed by atoms with E-state index in [-0.39, 0.29) is 0 Å². The van der Waals surface area contributed by atoms with E-state index < -0.39 is 0 Å². The van der Waals surface area contributed by atoms with E-state index in [0.717, 1.165) is 18.5 Å². The van der Waals surface area contributed by atoms with Gasteiger partial charge in [0.1, 0.15) is 0 Å². The van der Waals surface area contributed by atoms with Gasteiger partial charge in [-0.15, -0.1) is 0 Å². The van der Waals surface area contributed by atoms with Crippen LogP contribution in [-0.4, -0.2) is 33.1 Å². The van der Waals surface area contributed by atoms with Crippen LogP contribution in [0.25, 0.3) is 11.4 Å². The lowest BCUT2D eigenvalue weighted by Gasteiger charge is -2.08. The van der Waals surface area contributed by atoms with Gasteiger partial charge in [-0.3, -0.25) is 4.98 Å². The molecule has 100 valence electrons. The van der Waals surface area contributed by atoms with Gasteiger partial charge in [-0.2, -0.15) is 15.0 Å². The first-order valence-corrected chi connectivity index (χ1v) is 6.36. The zero-order chi connectivity index (χ0) is 13.5. The van der Waals surface area contributed by atoms with E-state index in [0.29, 0.717) is 24.4 Å². The van der Waals surface area contributed by atoms with Crippen molar-refractivity contribution >= 4 is 5.95 Å². The molecule has 2 heterocycles. The highest BCUT2D eigenvalue weighted by Gasteiger charge is 2.08. The molecular formula is C13H17N5O. The molecule has 0 fully saturated rings. The van der Waals surface area contributed by atoms with Gasteiger partial charge in [0.2, 0.25) is 5.95 Å². The van der Waals surface area contributed by atoms with Crippen LogP contribution in [0.15, 0.2) is 24.5 Å². The van der Waals surface area contributed by atoms with Gasteiger partial charge < -0.3 is 10.1 Å². The Labute approximate surface area is 112 Å². The van der Waals surface area contributed by atoms with Crippen molar-refractivity contribution in [2.24, 2.45) is 0 Å². The summed E-state index contributed by atoms with van der Waals surface area (Å²) in [6.07, 6.45) is 4.41. The highest BCUT2D eigenvalue weighted by molar-refractivity contribution is 5.55. The molecule has 6 heteroatoms. The second kappa shape index (κ2) is 6.63. The molecular weight excluding hydrogens is 242 g/mol. The van der Waals surface area contributed by atoms with E-state index in [2.05, 4.69) is 32.2 Å². The fraction of sp³-hybridized carbons (Fsp3) is 0.385. The smallest absolute Gasteiger partial charge is 0.321 e. The quantitative estimate of drug-likeness (QED) is 0.857. The molecule has 0 aliphatic rings. The number of hydrogen-bond acceptors (Lipinski definition) is 6. The van der Waals surface area contributed by atoms with Crippen LogP contribution < -0.4 is 10.1 Å². The lowest BCUT2D eigenvalue weighted by atomic mass is 10.2. The van der Waals surface area contributed by atoms with E-state index in [1.807, 2.05) is 19.1 Å². The number of aromatic nitrogens is 4. The first-order chi connectivity index (χ1) is 9.33. The van der Waals surface area contributed by atoms with E-state index in [1.54, 1.807) is 12.4 Å². The third kappa shape index (κ3) is 3.61. The summed E-state index contributed by atoms with van der Waals surface area (Å²) in [4.78, 5) is 16.9. The van der Waals surface area contributed by atoms with Crippen molar-refractivity contribution < 1.29 is 4.74 Å². The van der Waals surface area contributed by atoms with Gasteiger partial charge in [0, 0.05) is 24.5 Å². The number of anilines is 1. The Morgan fingerprint density at radius 3 is 2.58 bits per heavy atom. The molecule has 2 rings (SSSR count). The molecule has 0 radical (unpaired) electrons. The van der Waals surface area contributed by atoms with Gasteiger partial charge >= 0.3 is 6.01 Å². The van der Waals surface area contributed by atoms with Crippen molar-refractivity contribution in [3.63, 3.8) is 0 Å². The largest absolute Gasteiger partial charge is 0.464 e. The Kier molecular flexibility index (Phi) is 4.60. The van der Waals surface area contributed by atoms with Crippen LogP contribution in [0.4, 0.5) is 5.95 Å². The molecule has 0 amide bonds. The highest BCUT2D eigenvalue weighted by atomic mass is 16.5. The Hall–Kier alpha value is -2.24. The molecule has 0 saturated carbocycles. The summed E-state index contributed by atoms with van der Waals surface area (Å²) in [5, 5.41) is 3.15. The van der Waals surface area contributed by atoms with E-state index >= 15 is 0 Å². The fourth-order valence-corrected chi connectivity index (χ4v) is 1.50. The zero-order valence-electron chi connectivity index (χ0n) is 11.1. The summed E-state index contributed by atoms with van der Waals surface area (Å²) in [6, 6.07) is 4.05. The molecule has 2 aromatic rings. The summed E-state index contributed by atoms with van der Waals surface area (Å²) in [5.74, 6) is 1.12. The summed E-state index contributed by atoms with van der Waals surface area (Å²) in [7, 11) is 0. The van der Waals surface area contributed by atoms with Crippen LogP contribution >= 0.6 is 0 Å². The van der Waals surface area contributed by atoms with Crippen molar-refractivity contribution in [3.05, 3.63) is 24.5 Å². The Morgan fingerprint density at radius 1 is 1.11 bits per heavy atom. The molecule has 0 aliphatic carbocycles. The average Bonchev–Trinajstić information content (AvgIpc) is 2.46. The average molecular weight is 259 g/mol. The summed E-state index contributed by atoms with van der Waals surface area (Å²) in [5.41, 5.74) is 0.887. The SMILES string of the molecule is CCCNc1nc(OCC)nc(-c2ccncc2)n1. The lowest BCUT2D eigenvalue weighted by molar-refractivity contribution is 0.312. The molecule has 0 unspecified atom stereocenters. The molecule has 6 nitrogen and oxygen atoms in total. The van der Waals surface area contributed by atoms with Crippen molar-refractivity contribution in [2.75, 3.05) is 18.5 Å². The highest BCUT2D eigenvalue weighted by Crippen LogP contribution is 2.17. The van der Waals surface area contributed by atoms with Crippen LogP contribution in [0.5, 0.6) is 6.01 Å². The number of nitrogens with one attached hydrogen (secondary N) is 1. The van der Waals surface area contributed by atoms with Crippen molar-refractivity contribution in [1.82, 2.24) is 19.9 Å². The van der Waals surface area contributed by atoms with E-state index in [1.165, 1.54) is 0 Å². The minimum atomic E-state index is 0.336. The molecule has 19 heavy (non-hydrogen) atoms. The predicted molar refractivity (Wildman–Crippen MR) is 73.0 cm³/mol. The monoisotopic (exact) mass is 259 g/mol. The van der Waals surface area contributed by atoms with Gasteiger partial charge in [0.15, 0.2) is 5.82 Å². The lowest BCUT2D eigenvalue weighted by Crippen LogP contribution is -2.08. The maximum absolute atomic E-state index is 5.37. The number of ether oxygens (including phenoxy) is 1.